The molecule has 134 valence electrons. The van der Waals surface area contributed by atoms with Gasteiger partial charge in [-0.2, -0.15) is 4.98 Å². The molecule has 0 saturated heterocycles. The number of nitro groups is 1. The van der Waals surface area contributed by atoms with E-state index in [0.29, 0.717) is 11.3 Å². The van der Waals surface area contributed by atoms with Crippen molar-refractivity contribution < 1.29 is 4.92 Å². The van der Waals surface area contributed by atoms with Crippen molar-refractivity contribution in [1.29, 1.82) is 0 Å². The van der Waals surface area contributed by atoms with Gasteiger partial charge in [-0.15, -0.1) is 0 Å². The first-order valence-corrected chi connectivity index (χ1v) is 8.43. The van der Waals surface area contributed by atoms with Crippen LogP contribution >= 0.6 is 0 Å². The van der Waals surface area contributed by atoms with Gasteiger partial charge in [-0.3, -0.25) is 19.5 Å². The summed E-state index contributed by atoms with van der Waals surface area (Å²) in [6.45, 7) is 4.06. The van der Waals surface area contributed by atoms with Gasteiger partial charge in [-0.1, -0.05) is 19.9 Å². The number of anilines is 2. The van der Waals surface area contributed by atoms with Gasteiger partial charge in [-0.25, -0.2) is 4.98 Å². The van der Waals surface area contributed by atoms with Crippen molar-refractivity contribution in [3.63, 3.8) is 0 Å². The Morgan fingerprint density at radius 2 is 2.00 bits per heavy atom. The van der Waals surface area contributed by atoms with Gasteiger partial charge in [-0.05, 0) is 25.0 Å². The quantitative estimate of drug-likeness (QED) is 0.534. The van der Waals surface area contributed by atoms with Crippen LogP contribution in [0.2, 0.25) is 0 Å². The van der Waals surface area contributed by atoms with Crippen molar-refractivity contribution in [2.24, 2.45) is 0 Å². The monoisotopic (exact) mass is 353 g/mol. The van der Waals surface area contributed by atoms with Crippen LogP contribution < -0.4 is 10.9 Å². The minimum Gasteiger partial charge on any atom is -0.324 e. The molecule has 0 atom stereocenters. The third-order valence-corrected chi connectivity index (χ3v) is 4.29. The summed E-state index contributed by atoms with van der Waals surface area (Å²) in [7, 11) is 0. The molecule has 0 aliphatic rings. The van der Waals surface area contributed by atoms with Crippen LogP contribution in [0, 0.1) is 10.1 Å². The van der Waals surface area contributed by atoms with Crippen LogP contribution in [0.15, 0.2) is 47.4 Å². The first-order chi connectivity index (χ1) is 12.5. The lowest BCUT2D eigenvalue weighted by Gasteiger charge is -2.18. The fourth-order valence-corrected chi connectivity index (χ4v) is 2.93. The summed E-state index contributed by atoms with van der Waals surface area (Å²) in [5.74, 6) is 0.281. The fraction of sp³-hybridized carbons (Fsp3) is 0.278. The molecule has 0 unspecified atom stereocenters. The van der Waals surface area contributed by atoms with E-state index in [4.69, 9.17) is 0 Å². The normalized spacial score (nSPS) is 11.0. The smallest absolute Gasteiger partial charge is 0.271 e. The molecule has 0 radical (unpaired) electrons. The summed E-state index contributed by atoms with van der Waals surface area (Å²) in [5.41, 5.74) is 0.927. The van der Waals surface area contributed by atoms with Crippen LogP contribution in [0.4, 0.5) is 17.3 Å². The summed E-state index contributed by atoms with van der Waals surface area (Å²) in [6.07, 6.45) is 3.26. The predicted molar refractivity (Wildman–Crippen MR) is 99.8 cm³/mol. The Hall–Kier alpha value is -3.29. The number of benzene rings is 1. The fourth-order valence-electron chi connectivity index (χ4n) is 2.93. The Labute approximate surface area is 149 Å². The van der Waals surface area contributed by atoms with E-state index >= 15 is 0 Å². The van der Waals surface area contributed by atoms with Gasteiger partial charge >= 0.3 is 0 Å². The molecule has 0 amide bonds. The molecule has 3 rings (SSSR count). The molecule has 0 spiro atoms. The van der Waals surface area contributed by atoms with E-state index in [0.717, 1.165) is 18.2 Å². The molecule has 2 aromatic heterocycles. The van der Waals surface area contributed by atoms with Crippen LogP contribution in [-0.2, 0) is 0 Å². The first kappa shape index (κ1) is 17.5. The minimum absolute atomic E-state index is 0.0234. The lowest BCUT2D eigenvalue weighted by atomic mass is 10.1. The van der Waals surface area contributed by atoms with Crippen molar-refractivity contribution in [3.05, 3.63) is 63.1 Å². The van der Waals surface area contributed by atoms with Gasteiger partial charge in [0.1, 0.15) is 5.65 Å². The Kier molecular flexibility index (Phi) is 4.92. The number of pyridine rings is 1. The van der Waals surface area contributed by atoms with E-state index < -0.39 is 4.92 Å². The van der Waals surface area contributed by atoms with Crippen molar-refractivity contribution in [2.45, 2.75) is 32.7 Å². The number of fused-ring (bicyclic) bond motifs is 1. The summed E-state index contributed by atoms with van der Waals surface area (Å²) in [5, 5.41) is 14.6. The molecule has 1 N–H and O–H groups in total. The van der Waals surface area contributed by atoms with Gasteiger partial charge in [0.25, 0.3) is 11.2 Å². The molecule has 1 aromatic carbocycles. The lowest BCUT2D eigenvalue weighted by molar-refractivity contribution is -0.384. The number of rotatable bonds is 6. The highest BCUT2D eigenvalue weighted by Gasteiger charge is 2.14. The van der Waals surface area contributed by atoms with Crippen LogP contribution in [-0.4, -0.2) is 19.5 Å². The van der Waals surface area contributed by atoms with E-state index in [-0.39, 0.29) is 23.2 Å². The highest BCUT2D eigenvalue weighted by Crippen LogP contribution is 2.22. The molecular formula is C18H19N5O3. The standard InChI is InChI=1S/C18H19N5O3/c1-3-14(4-2)22-16(24)9-8-12-11-19-18(21-17(12)22)20-13-6-5-7-15(10-13)23(25)26/h5-11,14H,3-4H2,1-2H3,(H,19,20,21). The van der Waals surface area contributed by atoms with E-state index in [9.17, 15) is 14.9 Å². The van der Waals surface area contributed by atoms with E-state index in [1.165, 1.54) is 18.2 Å². The molecule has 0 aliphatic carbocycles. The minimum atomic E-state index is -0.461. The number of hydrogen-bond donors (Lipinski definition) is 1. The van der Waals surface area contributed by atoms with Crippen molar-refractivity contribution in [3.8, 4) is 0 Å². The second kappa shape index (κ2) is 7.30. The summed E-state index contributed by atoms with van der Waals surface area (Å²) < 4.78 is 1.69. The maximum absolute atomic E-state index is 12.4. The zero-order valence-corrected chi connectivity index (χ0v) is 14.5. The third-order valence-electron chi connectivity index (χ3n) is 4.29. The predicted octanol–water partition coefficient (Wildman–Crippen LogP) is 3.80. The van der Waals surface area contributed by atoms with Gasteiger partial charge < -0.3 is 5.32 Å². The molecule has 8 heteroatoms. The molecule has 0 saturated carbocycles. The Morgan fingerprint density at radius 3 is 2.69 bits per heavy atom. The molecule has 0 fully saturated rings. The lowest BCUT2D eigenvalue weighted by Crippen LogP contribution is -2.24. The van der Waals surface area contributed by atoms with Crippen molar-refractivity contribution in [1.82, 2.24) is 14.5 Å². The second-order valence-electron chi connectivity index (χ2n) is 5.92. The van der Waals surface area contributed by atoms with Crippen molar-refractivity contribution >= 4 is 28.4 Å². The Balaban J connectivity index is 2.06. The maximum Gasteiger partial charge on any atom is 0.271 e. The SMILES string of the molecule is CCC(CC)n1c(=O)ccc2cnc(Nc3cccc([N+](=O)[O-])c3)nc21. The highest BCUT2D eigenvalue weighted by molar-refractivity contribution is 5.76. The van der Waals surface area contributed by atoms with Crippen LogP contribution in [0.1, 0.15) is 32.7 Å². The molecule has 26 heavy (non-hydrogen) atoms. The van der Waals surface area contributed by atoms with Crippen LogP contribution in [0.5, 0.6) is 0 Å². The van der Waals surface area contributed by atoms with Gasteiger partial charge in [0.15, 0.2) is 0 Å². The van der Waals surface area contributed by atoms with Crippen LogP contribution in [0.25, 0.3) is 11.0 Å². The molecular weight excluding hydrogens is 334 g/mol. The average Bonchev–Trinajstić information content (AvgIpc) is 2.64. The third kappa shape index (κ3) is 3.39. The zero-order chi connectivity index (χ0) is 18.7. The molecule has 0 aliphatic heterocycles. The summed E-state index contributed by atoms with van der Waals surface area (Å²) in [6, 6.07) is 9.38. The number of nitrogens with zero attached hydrogens (tertiary/aromatic N) is 4. The maximum atomic E-state index is 12.4. The summed E-state index contributed by atoms with van der Waals surface area (Å²) >= 11 is 0. The largest absolute Gasteiger partial charge is 0.324 e. The Morgan fingerprint density at radius 1 is 1.23 bits per heavy atom. The van der Waals surface area contributed by atoms with Crippen molar-refractivity contribution in [2.75, 3.05) is 5.32 Å². The number of non-ortho nitro benzene ring substituents is 1. The van der Waals surface area contributed by atoms with Gasteiger partial charge in [0.05, 0.1) is 4.92 Å². The zero-order valence-electron chi connectivity index (χ0n) is 14.5. The van der Waals surface area contributed by atoms with Gasteiger partial charge in [0, 0.05) is 41.5 Å². The molecule has 3 aromatic rings. The topological polar surface area (TPSA) is 103 Å². The Bertz CT molecular complexity index is 1010. The van der Waals surface area contributed by atoms with Gasteiger partial charge in [0.2, 0.25) is 5.95 Å². The number of nitro benzene ring substituents is 1. The number of hydrogen-bond acceptors (Lipinski definition) is 6. The molecule has 0 bridgehead atoms. The number of aromatic nitrogens is 3. The second-order valence-corrected chi connectivity index (χ2v) is 5.92. The first-order valence-electron chi connectivity index (χ1n) is 8.43. The van der Waals surface area contributed by atoms with Crippen LogP contribution in [0.3, 0.4) is 0 Å². The van der Waals surface area contributed by atoms with E-state index in [1.807, 2.05) is 13.8 Å². The molecule has 8 nitrogen and oxygen atoms in total. The van der Waals surface area contributed by atoms with E-state index in [1.54, 1.807) is 29.0 Å². The average molecular weight is 353 g/mol. The summed E-state index contributed by atoms with van der Waals surface area (Å²) in [4.78, 5) is 31.6. The van der Waals surface area contributed by atoms with E-state index in [2.05, 4.69) is 15.3 Å². The number of nitrogens with one attached hydrogen (secondary N) is 1. The highest BCUT2D eigenvalue weighted by atomic mass is 16.6. The molecule has 2 heterocycles.